The molecule has 132 valence electrons. The monoisotopic (exact) mass is 384 g/mol. The molecule has 1 aliphatic heterocycles. The average Bonchev–Trinajstić information content (AvgIpc) is 2.68. The second-order valence-electron chi connectivity index (χ2n) is 6.21. The smallest absolute Gasteiger partial charge is 0.243 e. The molecule has 6 heteroatoms. The molecule has 0 amide bonds. The van der Waals surface area contributed by atoms with Crippen molar-refractivity contribution in [1.29, 1.82) is 0 Å². The van der Waals surface area contributed by atoms with Gasteiger partial charge in [0.1, 0.15) is 0 Å². The van der Waals surface area contributed by atoms with E-state index >= 15 is 0 Å². The lowest BCUT2D eigenvalue weighted by Crippen LogP contribution is -2.40. The first-order valence-corrected chi connectivity index (χ1v) is 10.1. The predicted molar refractivity (Wildman–Crippen MR) is 102 cm³/mol. The third-order valence-corrected chi connectivity index (χ3v) is 6.79. The maximum atomic E-state index is 13.4. The molecule has 0 aliphatic carbocycles. The highest BCUT2D eigenvalue weighted by molar-refractivity contribution is 7.89. The van der Waals surface area contributed by atoms with Gasteiger partial charge >= 0.3 is 0 Å². The van der Waals surface area contributed by atoms with Gasteiger partial charge in [-0.15, -0.1) is 0 Å². The molecule has 0 radical (unpaired) electrons. The second-order valence-corrected chi connectivity index (χ2v) is 8.53. The van der Waals surface area contributed by atoms with E-state index in [2.05, 4.69) is 11.1 Å². The number of rotatable bonds is 3. The van der Waals surface area contributed by atoms with Gasteiger partial charge in [0.2, 0.25) is 10.0 Å². The van der Waals surface area contributed by atoms with Crippen molar-refractivity contribution in [2.75, 3.05) is 6.54 Å². The van der Waals surface area contributed by atoms with E-state index in [4.69, 9.17) is 11.6 Å². The summed E-state index contributed by atoms with van der Waals surface area (Å²) in [6, 6.07) is 17.7. The number of nitrogens with zero attached hydrogens (tertiary/aromatic N) is 2. The fourth-order valence-electron chi connectivity index (χ4n) is 3.43. The maximum absolute atomic E-state index is 13.4. The Hall–Kier alpha value is -2.21. The van der Waals surface area contributed by atoms with E-state index in [1.54, 1.807) is 41.0 Å². The fourth-order valence-corrected chi connectivity index (χ4v) is 5.15. The highest BCUT2D eigenvalue weighted by Gasteiger charge is 2.37. The number of sulfonamides is 1. The summed E-state index contributed by atoms with van der Waals surface area (Å²) in [4.78, 5) is 4.44. The van der Waals surface area contributed by atoms with Crippen molar-refractivity contribution in [1.82, 2.24) is 9.29 Å². The zero-order valence-electron chi connectivity index (χ0n) is 13.9. The molecule has 3 aromatic rings. The van der Waals surface area contributed by atoms with Crippen LogP contribution in [0.2, 0.25) is 5.02 Å². The molecule has 2 aromatic carbocycles. The highest BCUT2D eigenvalue weighted by atomic mass is 35.5. The van der Waals surface area contributed by atoms with E-state index in [1.165, 1.54) is 5.56 Å². The molecule has 1 aromatic heterocycles. The van der Waals surface area contributed by atoms with Gasteiger partial charge in [-0.1, -0.05) is 41.9 Å². The van der Waals surface area contributed by atoms with Gasteiger partial charge in [-0.25, -0.2) is 8.42 Å². The topological polar surface area (TPSA) is 50.3 Å². The highest BCUT2D eigenvalue weighted by Crippen LogP contribution is 2.38. The zero-order chi connectivity index (χ0) is 18.1. The molecule has 4 rings (SSSR count). The van der Waals surface area contributed by atoms with Crippen molar-refractivity contribution in [2.24, 2.45) is 0 Å². The van der Waals surface area contributed by atoms with Crippen LogP contribution in [0, 0.1) is 0 Å². The minimum absolute atomic E-state index is 0.246. The molecule has 1 atom stereocenters. The molecule has 2 heterocycles. The van der Waals surface area contributed by atoms with E-state index < -0.39 is 16.1 Å². The summed E-state index contributed by atoms with van der Waals surface area (Å²) in [5.74, 6) is 0. The summed E-state index contributed by atoms with van der Waals surface area (Å²) in [6.45, 7) is 0.418. The lowest BCUT2D eigenvalue weighted by atomic mass is 9.91. The van der Waals surface area contributed by atoms with Gasteiger partial charge in [-0.3, -0.25) is 4.98 Å². The van der Waals surface area contributed by atoms with Crippen LogP contribution in [0.4, 0.5) is 0 Å². The maximum Gasteiger partial charge on any atom is 0.243 e. The third kappa shape index (κ3) is 3.03. The molecule has 0 saturated carbocycles. The Morgan fingerprint density at radius 2 is 1.77 bits per heavy atom. The summed E-state index contributed by atoms with van der Waals surface area (Å²) in [5, 5.41) is 0.511. The van der Waals surface area contributed by atoms with E-state index in [0.29, 0.717) is 18.0 Å². The summed E-state index contributed by atoms with van der Waals surface area (Å²) < 4.78 is 28.3. The number of aromatic nitrogens is 1. The quantitative estimate of drug-likeness (QED) is 0.683. The van der Waals surface area contributed by atoms with Gasteiger partial charge in [0.05, 0.1) is 10.9 Å². The number of halogens is 1. The van der Waals surface area contributed by atoms with Gasteiger partial charge in [0.25, 0.3) is 0 Å². The van der Waals surface area contributed by atoms with Crippen LogP contribution in [0.5, 0.6) is 0 Å². The number of pyridine rings is 1. The molecule has 0 bridgehead atoms. The standard InChI is InChI=1S/C20H17ClN2O2S/c21-17-7-9-18(10-8-17)26(24,25)23-13-11-15-4-1-2-6-19(15)20(23)16-5-3-12-22-14-16/h1-10,12,14,20H,11,13H2. The average molecular weight is 385 g/mol. The largest absolute Gasteiger partial charge is 0.264 e. The van der Waals surface area contributed by atoms with Crippen molar-refractivity contribution in [3.63, 3.8) is 0 Å². The summed E-state index contributed by atoms with van der Waals surface area (Å²) in [5.41, 5.74) is 3.03. The van der Waals surface area contributed by atoms with Gasteiger partial charge in [-0.05, 0) is 53.4 Å². The predicted octanol–water partition coefficient (Wildman–Crippen LogP) is 4.07. The van der Waals surface area contributed by atoms with Gasteiger partial charge in [-0.2, -0.15) is 4.31 Å². The van der Waals surface area contributed by atoms with Gasteiger partial charge < -0.3 is 0 Å². The Kier molecular flexibility index (Phi) is 4.53. The first-order valence-electron chi connectivity index (χ1n) is 8.32. The molecule has 26 heavy (non-hydrogen) atoms. The van der Waals surface area contributed by atoms with Crippen LogP contribution in [-0.2, 0) is 16.4 Å². The summed E-state index contributed by atoms with van der Waals surface area (Å²) in [6.07, 6.45) is 4.10. The van der Waals surface area contributed by atoms with Crippen LogP contribution in [0.3, 0.4) is 0 Å². The van der Waals surface area contributed by atoms with E-state index in [9.17, 15) is 8.42 Å². The van der Waals surface area contributed by atoms with Crippen molar-refractivity contribution < 1.29 is 8.42 Å². The first-order chi connectivity index (χ1) is 12.6. The summed E-state index contributed by atoms with van der Waals surface area (Å²) >= 11 is 5.92. The van der Waals surface area contributed by atoms with E-state index in [-0.39, 0.29) is 4.90 Å². The molecule has 0 fully saturated rings. The second kappa shape index (κ2) is 6.83. The molecule has 0 saturated heterocycles. The SMILES string of the molecule is O=S(=O)(c1ccc(Cl)cc1)N1CCc2ccccc2C1c1cccnc1. The van der Waals surface area contributed by atoms with Crippen molar-refractivity contribution in [2.45, 2.75) is 17.4 Å². The number of hydrogen-bond acceptors (Lipinski definition) is 3. The Morgan fingerprint density at radius 3 is 2.50 bits per heavy atom. The molecular formula is C20H17ClN2O2S. The minimum atomic E-state index is -3.67. The van der Waals surface area contributed by atoms with E-state index in [0.717, 1.165) is 11.1 Å². The minimum Gasteiger partial charge on any atom is -0.264 e. The third-order valence-electron chi connectivity index (χ3n) is 4.66. The Labute approximate surface area is 158 Å². The van der Waals surface area contributed by atoms with Crippen LogP contribution in [0.15, 0.2) is 78.0 Å². The van der Waals surface area contributed by atoms with Crippen molar-refractivity contribution >= 4 is 21.6 Å². The lowest BCUT2D eigenvalue weighted by molar-refractivity contribution is 0.343. The molecule has 0 N–H and O–H groups in total. The first kappa shape index (κ1) is 17.2. The van der Waals surface area contributed by atoms with Crippen LogP contribution in [0.25, 0.3) is 0 Å². The Balaban J connectivity index is 1.86. The number of hydrogen-bond donors (Lipinski definition) is 0. The van der Waals surface area contributed by atoms with Crippen LogP contribution in [0.1, 0.15) is 22.7 Å². The number of fused-ring (bicyclic) bond motifs is 1. The molecule has 0 spiro atoms. The van der Waals surface area contributed by atoms with Crippen LogP contribution >= 0.6 is 11.6 Å². The molecule has 4 nitrogen and oxygen atoms in total. The van der Waals surface area contributed by atoms with Gasteiger partial charge in [0.15, 0.2) is 0 Å². The van der Waals surface area contributed by atoms with Crippen molar-refractivity contribution in [3.8, 4) is 0 Å². The number of benzene rings is 2. The Morgan fingerprint density at radius 1 is 1.00 bits per heavy atom. The van der Waals surface area contributed by atoms with Crippen molar-refractivity contribution in [3.05, 3.63) is 94.8 Å². The van der Waals surface area contributed by atoms with Gasteiger partial charge in [0, 0.05) is 24.0 Å². The molecular weight excluding hydrogens is 368 g/mol. The van der Waals surface area contributed by atoms with Crippen LogP contribution < -0.4 is 0 Å². The van der Waals surface area contributed by atoms with E-state index in [1.807, 2.05) is 30.3 Å². The Bertz CT molecular complexity index is 1020. The normalized spacial score (nSPS) is 17.7. The fraction of sp³-hybridized carbons (Fsp3) is 0.150. The molecule has 1 aliphatic rings. The zero-order valence-corrected chi connectivity index (χ0v) is 15.5. The van der Waals surface area contributed by atoms with Crippen LogP contribution in [-0.4, -0.2) is 24.3 Å². The lowest BCUT2D eigenvalue weighted by Gasteiger charge is -2.36. The summed E-state index contributed by atoms with van der Waals surface area (Å²) in [7, 11) is -3.67. The molecule has 1 unspecified atom stereocenters.